The molecule has 2 aromatic carbocycles. The second-order valence-corrected chi connectivity index (χ2v) is 19.0. The van der Waals surface area contributed by atoms with Gasteiger partial charge in [-0.3, -0.25) is 0 Å². The van der Waals surface area contributed by atoms with Crippen molar-refractivity contribution in [3.05, 3.63) is 48.5 Å². The average molecular weight is 461 g/mol. The zero-order valence-electron chi connectivity index (χ0n) is 15.5. The molecule has 2 rings (SSSR count). The normalized spacial score (nSPS) is 12.8. The Kier molecular flexibility index (Phi) is 6.68. The van der Waals surface area contributed by atoms with E-state index in [1.54, 1.807) is 12.1 Å². The van der Waals surface area contributed by atoms with Crippen LogP contribution in [0.15, 0.2) is 48.5 Å². The average Bonchev–Trinajstić information content (AvgIpc) is 2.64. The minimum absolute atomic E-state index is 0.371. The molecule has 0 amide bonds. The van der Waals surface area contributed by atoms with Gasteiger partial charge in [-0.05, 0) is 0 Å². The summed E-state index contributed by atoms with van der Waals surface area (Å²) in [6.07, 6.45) is 0. The Morgan fingerprint density at radius 1 is 0.815 bits per heavy atom. The standard InChI is InChI=1S/C19H23F3GeO3S/c1-4-23(5-2,6-3)17-11-7-15(8-12-17)16-9-13-18(14-10-16)26-27(24,25)19(20,21)22/h7-14H,4-6H2,1-3H3. The molecule has 0 heterocycles. The Morgan fingerprint density at radius 2 is 1.22 bits per heavy atom. The van der Waals surface area contributed by atoms with Crippen molar-refractivity contribution in [3.63, 3.8) is 0 Å². The second-order valence-electron chi connectivity index (χ2n) is 6.43. The van der Waals surface area contributed by atoms with Gasteiger partial charge in [0, 0.05) is 0 Å². The van der Waals surface area contributed by atoms with Gasteiger partial charge in [0.25, 0.3) is 0 Å². The second kappa shape index (κ2) is 8.26. The first-order valence-corrected chi connectivity index (χ1v) is 15.7. The predicted molar refractivity (Wildman–Crippen MR) is 104 cm³/mol. The van der Waals surface area contributed by atoms with Gasteiger partial charge in [-0.2, -0.15) is 0 Å². The Bertz CT molecular complexity index is 848. The fourth-order valence-electron chi connectivity index (χ4n) is 3.26. The van der Waals surface area contributed by atoms with Crippen molar-refractivity contribution in [1.29, 1.82) is 0 Å². The van der Waals surface area contributed by atoms with Crippen LogP contribution in [0, 0.1) is 0 Å². The summed E-state index contributed by atoms with van der Waals surface area (Å²) in [4.78, 5) is 0. The summed E-state index contributed by atoms with van der Waals surface area (Å²) in [5.74, 6) is -0.371. The first-order chi connectivity index (χ1) is 12.6. The number of hydrogen-bond donors (Lipinski definition) is 0. The Hall–Kier alpha value is -1.48. The van der Waals surface area contributed by atoms with Crippen LogP contribution in [0.4, 0.5) is 13.2 Å². The number of alkyl halides is 3. The van der Waals surface area contributed by atoms with Gasteiger partial charge in [0.1, 0.15) is 0 Å². The molecular weight excluding hydrogens is 438 g/mol. The molecule has 148 valence electrons. The van der Waals surface area contributed by atoms with Gasteiger partial charge in [0.05, 0.1) is 0 Å². The van der Waals surface area contributed by atoms with Crippen LogP contribution in [-0.4, -0.2) is 27.2 Å². The van der Waals surface area contributed by atoms with E-state index in [0.29, 0.717) is 0 Å². The third kappa shape index (κ3) is 4.69. The van der Waals surface area contributed by atoms with Gasteiger partial charge in [-0.1, -0.05) is 0 Å². The summed E-state index contributed by atoms with van der Waals surface area (Å²) in [5, 5.41) is 3.68. The maximum absolute atomic E-state index is 12.4. The minimum atomic E-state index is -5.65. The molecule has 3 nitrogen and oxygen atoms in total. The van der Waals surface area contributed by atoms with Crippen LogP contribution in [0.1, 0.15) is 20.8 Å². The van der Waals surface area contributed by atoms with Gasteiger partial charge in [-0.25, -0.2) is 0 Å². The third-order valence-corrected chi connectivity index (χ3v) is 18.0. The first kappa shape index (κ1) is 21.8. The molecule has 0 saturated carbocycles. The van der Waals surface area contributed by atoms with Crippen LogP contribution in [0.3, 0.4) is 0 Å². The van der Waals surface area contributed by atoms with Crippen molar-refractivity contribution in [3.8, 4) is 16.9 Å². The van der Waals surface area contributed by atoms with Crippen molar-refractivity contribution in [2.45, 2.75) is 42.0 Å². The number of rotatable bonds is 7. The number of hydrogen-bond acceptors (Lipinski definition) is 3. The molecule has 0 aliphatic rings. The van der Waals surface area contributed by atoms with E-state index in [1.165, 1.54) is 32.3 Å². The van der Waals surface area contributed by atoms with Crippen LogP contribution < -0.4 is 8.58 Å². The maximum atomic E-state index is 12.4. The van der Waals surface area contributed by atoms with Crippen LogP contribution in [0.25, 0.3) is 11.1 Å². The summed E-state index contributed by atoms with van der Waals surface area (Å²) in [6.45, 7) is 6.78. The van der Waals surface area contributed by atoms with E-state index in [1.807, 2.05) is 12.1 Å². The fourth-order valence-corrected chi connectivity index (χ4v) is 11.3. The molecule has 8 heteroatoms. The topological polar surface area (TPSA) is 43.4 Å². The van der Waals surface area contributed by atoms with Crippen LogP contribution in [0.5, 0.6) is 5.75 Å². The van der Waals surface area contributed by atoms with E-state index in [0.717, 1.165) is 11.1 Å². The van der Waals surface area contributed by atoms with Crippen LogP contribution >= 0.6 is 0 Å². The molecule has 0 aliphatic carbocycles. The van der Waals surface area contributed by atoms with E-state index in [-0.39, 0.29) is 5.75 Å². The third-order valence-electron chi connectivity index (χ3n) is 5.20. The molecule has 0 saturated heterocycles. The molecule has 27 heavy (non-hydrogen) atoms. The van der Waals surface area contributed by atoms with Crippen molar-refractivity contribution in [2.24, 2.45) is 0 Å². The molecule has 2 aromatic rings. The number of halogens is 3. The summed E-state index contributed by atoms with van der Waals surface area (Å²) in [6, 6.07) is 13.9. The zero-order chi connectivity index (χ0) is 20.3. The van der Waals surface area contributed by atoms with Crippen molar-refractivity contribution in [1.82, 2.24) is 0 Å². The molecule has 0 unspecified atom stereocenters. The molecule has 0 atom stereocenters. The quantitative estimate of drug-likeness (QED) is 0.320. The van der Waals surface area contributed by atoms with Crippen LogP contribution in [-0.2, 0) is 10.1 Å². The van der Waals surface area contributed by atoms with Crippen LogP contribution in [0.2, 0.25) is 15.8 Å². The molecule has 0 spiro atoms. The van der Waals surface area contributed by atoms with E-state index in [2.05, 4.69) is 37.1 Å². The van der Waals surface area contributed by atoms with E-state index in [9.17, 15) is 21.6 Å². The Balaban J connectivity index is 2.23. The first-order valence-electron chi connectivity index (χ1n) is 8.80. The molecule has 0 bridgehead atoms. The van der Waals surface area contributed by atoms with Gasteiger partial charge < -0.3 is 0 Å². The fraction of sp³-hybridized carbons (Fsp3) is 0.368. The van der Waals surface area contributed by atoms with Crippen molar-refractivity contribution < 1.29 is 25.8 Å². The number of benzene rings is 2. The Morgan fingerprint density at radius 3 is 1.59 bits per heavy atom. The van der Waals surface area contributed by atoms with Gasteiger partial charge in [-0.15, -0.1) is 0 Å². The van der Waals surface area contributed by atoms with E-state index < -0.39 is 28.9 Å². The van der Waals surface area contributed by atoms with Crippen molar-refractivity contribution in [2.75, 3.05) is 0 Å². The van der Waals surface area contributed by atoms with E-state index >= 15 is 0 Å². The van der Waals surface area contributed by atoms with Gasteiger partial charge in [0.15, 0.2) is 0 Å². The summed E-state index contributed by atoms with van der Waals surface area (Å²) < 4.78 is 64.8. The van der Waals surface area contributed by atoms with E-state index in [4.69, 9.17) is 0 Å². The van der Waals surface area contributed by atoms with Gasteiger partial charge in [0.2, 0.25) is 0 Å². The zero-order valence-corrected chi connectivity index (χ0v) is 18.4. The van der Waals surface area contributed by atoms with Crippen molar-refractivity contribution >= 4 is 27.8 Å². The molecule has 0 N–H and O–H groups in total. The summed E-state index contributed by atoms with van der Waals surface area (Å²) >= 11 is -2.03. The monoisotopic (exact) mass is 462 g/mol. The molecule has 0 aromatic heterocycles. The SMILES string of the molecule is C[CH2][Ge]([CH2]C)([CH2]C)[c]1ccc(-c2ccc(OS(=O)(=O)C(F)(F)F)cc2)cc1. The Labute approximate surface area is 161 Å². The predicted octanol–water partition coefficient (Wildman–Crippen LogP) is 5.30. The molecule has 0 aliphatic heterocycles. The van der Waals surface area contributed by atoms with Gasteiger partial charge >= 0.3 is 161 Å². The summed E-state index contributed by atoms with van der Waals surface area (Å²) in [7, 11) is -5.65. The molecular formula is C19H23F3GeO3S. The molecule has 0 radical (unpaired) electrons. The molecule has 0 fully saturated rings. The summed E-state index contributed by atoms with van der Waals surface area (Å²) in [5.41, 5.74) is -3.75.